The first-order valence-electron chi connectivity index (χ1n) is 22.5. The van der Waals surface area contributed by atoms with Gasteiger partial charge in [-0.05, 0) is 119 Å². The fraction of sp³-hybridized carbons (Fsp3) is 0.214. The van der Waals surface area contributed by atoms with Gasteiger partial charge in [0.05, 0.1) is 108 Å². The van der Waals surface area contributed by atoms with Crippen LogP contribution in [0.3, 0.4) is 0 Å². The third-order valence-corrected chi connectivity index (χ3v) is 12.6. The van der Waals surface area contributed by atoms with E-state index in [1.165, 1.54) is 0 Å². The van der Waals surface area contributed by atoms with Gasteiger partial charge in [-0.15, -0.1) is 0 Å². The maximum atomic E-state index is 5.91. The lowest BCUT2D eigenvalue weighted by Gasteiger charge is -2.15. The maximum Gasteiger partial charge on any atom is 0.203 e. The van der Waals surface area contributed by atoms with E-state index in [0.29, 0.717) is 103 Å². The van der Waals surface area contributed by atoms with E-state index in [2.05, 4.69) is 9.97 Å². The van der Waals surface area contributed by atoms with Crippen LogP contribution in [0.4, 0.5) is 0 Å². The number of methoxy groups -OCH3 is 12. The van der Waals surface area contributed by atoms with Crippen molar-refractivity contribution in [3.63, 3.8) is 0 Å². The summed E-state index contributed by atoms with van der Waals surface area (Å²) < 4.78 is 70.3. The first-order valence-corrected chi connectivity index (χ1v) is 22.5. The summed E-state index contributed by atoms with van der Waals surface area (Å²) in [7, 11) is 19.0. The Morgan fingerprint density at radius 1 is 0.264 bits per heavy atom. The zero-order valence-electron chi connectivity index (χ0n) is 42.0. The second-order valence-electron chi connectivity index (χ2n) is 16.2. The van der Waals surface area contributed by atoms with Crippen LogP contribution in [0, 0.1) is 0 Å². The predicted octanol–water partition coefficient (Wildman–Crippen LogP) is 11.4. The second kappa shape index (κ2) is 20.2. The van der Waals surface area contributed by atoms with E-state index in [1.807, 2.05) is 97.1 Å². The van der Waals surface area contributed by atoms with E-state index in [4.69, 9.17) is 66.8 Å². The van der Waals surface area contributed by atoms with Gasteiger partial charge in [0.15, 0.2) is 46.0 Å². The summed E-state index contributed by atoms with van der Waals surface area (Å²) in [4.78, 5) is 18.5. The van der Waals surface area contributed by atoms with Crippen molar-refractivity contribution < 1.29 is 56.8 Å². The normalized spacial score (nSPS) is 11.5. The molecule has 5 heterocycles. The number of benzene rings is 4. The number of aromatic amines is 2. The fourth-order valence-corrected chi connectivity index (χ4v) is 9.32. The number of hydrogen-bond acceptors (Lipinski definition) is 14. The van der Waals surface area contributed by atoms with Crippen LogP contribution in [-0.2, 0) is 0 Å². The topological polar surface area (TPSA) is 168 Å². The Labute approximate surface area is 416 Å². The smallest absolute Gasteiger partial charge is 0.203 e. The van der Waals surface area contributed by atoms with Crippen molar-refractivity contribution in [1.29, 1.82) is 0 Å². The molecule has 16 nitrogen and oxygen atoms in total. The molecule has 4 aromatic carbocycles. The van der Waals surface area contributed by atoms with E-state index in [0.717, 1.165) is 55.4 Å². The van der Waals surface area contributed by atoms with Gasteiger partial charge in [-0.2, -0.15) is 0 Å². The number of nitrogens with zero attached hydrogens (tertiary/aromatic N) is 2. The van der Waals surface area contributed by atoms with Crippen molar-refractivity contribution in [2.75, 3.05) is 85.3 Å². The van der Waals surface area contributed by atoms with Crippen molar-refractivity contribution >= 4 is 46.4 Å². The van der Waals surface area contributed by atoms with Crippen molar-refractivity contribution in [2.24, 2.45) is 0 Å². The molecule has 0 aliphatic carbocycles. The Balaban J connectivity index is 1.52. The molecule has 0 amide bonds. The molecule has 2 N–H and O–H groups in total. The molecule has 3 aromatic heterocycles. The largest absolute Gasteiger partial charge is 0.493 e. The van der Waals surface area contributed by atoms with E-state index in [1.54, 1.807) is 85.3 Å². The average Bonchev–Trinajstić information content (AvgIpc) is 4.28. The maximum absolute atomic E-state index is 5.91. The van der Waals surface area contributed by atoms with Crippen molar-refractivity contribution in [3.8, 4) is 114 Å². The number of nitrogens with one attached hydrogen (secondary N) is 2. The minimum absolute atomic E-state index is 0.439. The van der Waals surface area contributed by atoms with Crippen molar-refractivity contribution in [2.45, 2.75) is 0 Å². The van der Waals surface area contributed by atoms with Gasteiger partial charge in [-0.3, -0.25) is 0 Å². The Morgan fingerprint density at radius 3 is 0.708 bits per heavy atom. The van der Waals surface area contributed by atoms with Crippen molar-refractivity contribution in [1.82, 2.24) is 19.9 Å². The van der Waals surface area contributed by atoms with Gasteiger partial charge >= 0.3 is 0 Å². The van der Waals surface area contributed by atoms with Gasteiger partial charge < -0.3 is 66.8 Å². The number of rotatable bonds is 16. The number of fused-ring (bicyclic) bond motifs is 8. The Bertz CT molecular complexity index is 3220. The molecule has 0 saturated carbocycles. The molecular weight excluding hydrogens is 921 g/mol. The molecule has 370 valence electrons. The summed E-state index contributed by atoms with van der Waals surface area (Å²) >= 11 is 0. The monoisotopic (exact) mass is 974 g/mol. The Kier molecular flexibility index (Phi) is 13.5. The van der Waals surface area contributed by atoms with E-state index in [-0.39, 0.29) is 0 Å². The molecule has 0 unspecified atom stereocenters. The van der Waals surface area contributed by atoms with E-state index >= 15 is 0 Å². The minimum atomic E-state index is 0.439. The third-order valence-electron chi connectivity index (χ3n) is 12.6. The second-order valence-corrected chi connectivity index (χ2v) is 16.2. The first-order chi connectivity index (χ1) is 35.1. The van der Waals surface area contributed by atoms with Crippen LogP contribution in [0.15, 0.2) is 72.8 Å². The highest BCUT2D eigenvalue weighted by Crippen LogP contribution is 2.49. The Morgan fingerprint density at radius 2 is 0.472 bits per heavy atom. The lowest BCUT2D eigenvalue weighted by molar-refractivity contribution is 0.324. The van der Waals surface area contributed by atoms with Crippen LogP contribution in [0.25, 0.3) is 90.9 Å². The first kappa shape index (κ1) is 48.1. The summed E-state index contributed by atoms with van der Waals surface area (Å²) in [6.45, 7) is 0. The summed E-state index contributed by atoms with van der Waals surface area (Å²) in [5.74, 6) is 5.49. The lowest BCUT2D eigenvalue weighted by Crippen LogP contribution is -1.98. The molecule has 8 bridgehead atoms. The quantitative estimate of drug-likeness (QED) is 0.0938. The lowest BCUT2D eigenvalue weighted by atomic mass is 10.0. The molecular formula is C56H54N4O12. The van der Waals surface area contributed by atoms with Gasteiger partial charge in [0, 0.05) is 44.3 Å². The summed E-state index contributed by atoms with van der Waals surface area (Å²) in [6, 6.07) is 23.3. The van der Waals surface area contributed by atoms with Crippen LogP contribution < -0.4 is 56.8 Å². The molecule has 0 spiro atoms. The zero-order chi connectivity index (χ0) is 50.8. The van der Waals surface area contributed by atoms with Crippen LogP contribution in [0.2, 0.25) is 0 Å². The molecule has 0 atom stereocenters. The fourth-order valence-electron chi connectivity index (χ4n) is 9.32. The zero-order valence-corrected chi connectivity index (χ0v) is 42.0. The average molecular weight is 975 g/mol. The van der Waals surface area contributed by atoms with Gasteiger partial charge in [-0.1, -0.05) is 0 Å². The standard InChI is InChI=1S/C56H54N4O12/c1-61-41-21-29(22-42(62-2)53(41)69-9)49-33-13-15-35(57-33)50(30-23-43(63-3)54(70-10)44(24-30)64-4)37-17-19-39(59-37)52(32-27-47(67-7)56(72-12)48(28-32)68-8)40-20-18-38(60-40)51(36-16-14-34(49)58-36)31-25-45(65-5)55(71-11)46(26-31)66-6/h13-28,57-58H,1-12H3. The molecule has 16 heteroatoms. The summed E-state index contributed by atoms with van der Waals surface area (Å²) in [5, 5.41) is 0. The predicted molar refractivity (Wildman–Crippen MR) is 279 cm³/mol. The number of aromatic nitrogens is 4. The number of ether oxygens (including phenoxy) is 12. The molecule has 2 aliphatic rings. The van der Waals surface area contributed by atoms with E-state index in [9.17, 15) is 0 Å². The van der Waals surface area contributed by atoms with Crippen LogP contribution in [-0.4, -0.2) is 105 Å². The highest BCUT2D eigenvalue weighted by Gasteiger charge is 2.25. The molecule has 0 saturated heterocycles. The van der Waals surface area contributed by atoms with Crippen LogP contribution >= 0.6 is 0 Å². The van der Waals surface area contributed by atoms with Crippen LogP contribution in [0.5, 0.6) is 69.0 Å². The van der Waals surface area contributed by atoms with Gasteiger partial charge in [0.1, 0.15) is 0 Å². The number of hydrogen-bond donors (Lipinski definition) is 2. The molecule has 0 radical (unpaired) electrons. The molecule has 72 heavy (non-hydrogen) atoms. The SMILES string of the molecule is COc1cc(-c2c3nc(c(-c4cc(OC)c(OC)c(OC)c4)c4ccc([nH]4)c(-c4cc(OC)c(OC)c(OC)c4)c4ccc([nH]4)c(-c4cc(OC)c(OC)c(OC)c4)c4nc2C=C4)C=C3)cc(OC)c1OC. The Hall–Kier alpha value is -8.92. The molecule has 2 aliphatic heterocycles. The summed E-state index contributed by atoms with van der Waals surface area (Å²) in [5.41, 5.74) is 11.2. The van der Waals surface area contributed by atoms with Gasteiger partial charge in [0.25, 0.3) is 0 Å². The molecule has 0 fully saturated rings. The molecule has 7 aromatic rings. The van der Waals surface area contributed by atoms with Gasteiger partial charge in [0.2, 0.25) is 23.0 Å². The highest BCUT2D eigenvalue weighted by atomic mass is 16.5. The number of H-pyrrole nitrogens is 2. The van der Waals surface area contributed by atoms with E-state index < -0.39 is 0 Å². The van der Waals surface area contributed by atoms with Crippen LogP contribution in [0.1, 0.15) is 22.8 Å². The highest BCUT2D eigenvalue weighted by molar-refractivity contribution is 6.01. The molecule has 9 rings (SSSR count). The van der Waals surface area contributed by atoms with Gasteiger partial charge in [-0.25, -0.2) is 9.97 Å². The summed E-state index contributed by atoms with van der Waals surface area (Å²) in [6.07, 6.45) is 7.89. The minimum Gasteiger partial charge on any atom is -0.493 e. The van der Waals surface area contributed by atoms with Crippen molar-refractivity contribution in [3.05, 3.63) is 95.6 Å². The third kappa shape index (κ3) is 8.29.